The molecule has 1 N–H and O–H groups in total. The first-order chi connectivity index (χ1) is 7.83. The summed E-state index contributed by atoms with van der Waals surface area (Å²) in [5.41, 5.74) is 1.35. The molecule has 3 rings (SSSR count). The summed E-state index contributed by atoms with van der Waals surface area (Å²) in [7, 11) is 0. The van der Waals surface area contributed by atoms with Gasteiger partial charge in [-0.15, -0.1) is 0 Å². The number of fused-ring (bicyclic) bond motifs is 1. The van der Waals surface area contributed by atoms with Gasteiger partial charge in [-0.05, 0) is 49.5 Å². The number of carbonyl (C=O) groups excluding carboxylic acids is 1. The normalized spacial score (nSPS) is 20.1. The average Bonchev–Trinajstić information content (AvgIpc) is 2.69. The summed E-state index contributed by atoms with van der Waals surface area (Å²) in [5, 5.41) is 5.17. The van der Waals surface area contributed by atoms with Crippen molar-refractivity contribution in [3.05, 3.63) is 34.3 Å². The Hall–Kier alpha value is -1.48. The van der Waals surface area contributed by atoms with Crippen LogP contribution >= 0.6 is 0 Å². The van der Waals surface area contributed by atoms with Gasteiger partial charge in [0.15, 0.2) is 0 Å². The van der Waals surface area contributed by atoms with Crippen molar-refractivity contribution in [2.75, 3.05) is 13.1 Å². The molecule has 2 aliphatic rings. The molecule has 82 valence electrons. The number of nitrogens with zero attached hydrogens (tertiary/aromatic N) is 1. The van der Waals surface area contributed by atoms with E-state index in [-0.39, 0.29) is 5.91 Å². The number of hydrogen-bond donors (Lipinski definition) is 1. The maximum Gasteiger partial charge on any atom is 0.270 e. The van der Waals surface area contributed by atoms with Crippen LogP contribution < -0.4 is 15.9 Å². The van der Waals surface area contributed by atoms with E-state index in [1.165, 1.54) is 18.4 Å². The maximum absolute atomic E-state index is 11.2. The Balaban J connectivity index is 1.99. The van der Waals surface area contributed by atoms with Crippen molar-refractivity contribution in [2.45, 2.75) is 18.8 Å². The van der Waals surface area contributed by atoms with Gasteiger partial charge in [-0.25, -0.2) is 4.99 Å². The molecule has 1 aromatic carbocycles. The fourth-order valence-electron chi connectivity index (χ4n) is 2.48. The molecule has 1 aromatic rings. The minimum Gasteiger partial charge on any atom is -0.317 e. The Labute approximate surface area is 93.9 Å². The highest BCUT2D eigenvalue weighted by atomic mass is 16.1. The fraction of sp³-hybridized carbons (Fsp3) is 0.385. The topological polar surface area (TPSA) is 41.5 Å². The van der Waals surface area contributed by atoms with Crippen LogP contribution in [0.15, 0.2) is 23.2 Å². The first-order valence-electron chi connectivity index (χ1n) is 5.78. The number of benzene rings is 1. The Bertz CT molecular complexity index is 542. The third-order valence-corrected chi connectivity index (χ3v) is 3.37. The Morgan fingerprint density at radius 1 is 1.25 bits per heavy atom. The van der Waals surface area contributed by atoms with E-state index in [1.54, 1.807) is 6.08 Å². The lowest BCUT2D eigenvalue weighted by Gasteiger charge is -2.22. The second-order valence-electron chi connectivity index (χ2n) is 4.44. The smallest absolute Gasteiger partial charge is 0.270 e. The summed E-state index contributed by atoms with van der Waals surface area (Å²) < 4.78 is 0. The van der Waals surface area contributed by atoms with E-state index in [2.05, 4.69) is 22.4 Å². The van der Waals surface area contributed by atoms with Gasteiger partial charge in [0.05, 0.1) is 5.36 Å². The molecule has 1 fully saturated rings. The van der Waals surface area contributed by atoms with Crippen LogP contribution in [0.4, 0.5) is 0 Å². The van der Waals surface area contributed by atoms with Crippen molar-refractivity contribution in [2.24, 2.45) is 4.99 Å². The standard InChI is InChI=1S/C13H14N2O/c16-13-8-11-7-10(1-2-12(11)15-13)9-3-5-14-6-4-9/h1-2,7-9,14H,3-6H2. The molecule has 0 radical (unpaired) electrons. The van der Waals surface area contributed by atoms with Crippen molar-refractivity contribution in [3.8, 4) is 0 Å². The minimum absolute atomic E-state index is 0.127. The summed E-state index contributed by atoms with van der Waals surface area (Å²) in [6.07, 6.45) is 3.99. The molecule has 0 aliphatic carbocycles. The zero-order chi connectivity index (χ0) is 11.0. The average molecular weight is 214 g/mol. The van der Waals surface area contributed by atoms with Gasteiger partial charge in [0.1, 0.15) is 0 Å². The van der Waals surface area contributed by atoms with Crippen molar-refractivity contribution >= 4 is 12.0 Å². The van der Waals surface area contributed by atoms with Crippen molar-refractivity contribution in [1.29, 1.82) is 0 Å². The zero-order valence-electron chi connectivity index (χ0n) is 9.07. The predicted molar refractivity (Wildman–Crippen MR) is 61.5 cm³/mol. The number of carbonyl (C=O) groups is 1. The largest absolute Gasteiger partial charge is 0.317 e. The lowest BCUT2D eigenvalue weighted by atomic mass is 9.90. The molecule has 0 unspecified atom stereocenters. The lowest BCUT2D eigenvalue weighted by Crippen LogP contribution is -2.28. The third-order valence-electron chi connectivity index (χ3n) is 3.37. The van der Waals surface area contributed by atoms with Crippen molar-refractivity contribution in [3.63, 3.8) is 0 Å². The van der Waals surface area contributed by atoms with Gasteiger partial charge < -0.3 is 5.32 Å². The number of piperidine rings is 1. The van der Waals surface area contributed by atoms with Gasteiger partial charge in [-0.1, -0.05) is 6.07 Å². The highest BCUT2D eigenvalue weighted by molar-refractivity contribution is 6.06. The van der Waals surface area contributed by atoms with E-state index in [9.17, 15) is 4.79 Å². The van der Waals surface area contributed by atoms with E-state index in [0.717, 1.165) is 23.7 Å². The summed E-state index contributed by atoms with van der Waals surface area (Å²) in [5.74, 6) is 0.508. The predicted octanol–water partition coefficient (Wildman–Crippen LogP) is 0.0939. The Morgan fingerprint density at radius 2 is 2.06 bits per heavy atom. The fourth-order valence-corrected chi connectivity index (χ4v) is 2.48. The second kappa shape index (κ2) is 3.83. The van der Waals surface area contributed by atoms with Crippen LogP contribution in [0.1, 0.15) is 24.3 Å². The monoisotopic (exact) mass is 214 g/mol. The van der Waals surface area contributed by atoms with E-state index in [4.69, 9.17) is 0 Å². The number of hydrogen-bond acceptors (Lipinski definition) is 2. The maximum atomic E-state index is 11.2. The molecule has 0 spiro atoms. The second-order valence-corrected chi connectivity index (χ2v) is 4.44. The van der Waals surface area contributed by atoms with E-state index < -0.39 is 0 Å². The highest BCUT2D eigenvalue weighted by Crippen LogP contribution is 2.23. The van der Waals surface area contributed by atoms with Crippen LogP contribution in [0.3, 0.4) is 0 Å². The number of rotatable bonds is 1. The molecule has 2 heterocycles. The van der Waals surface area contributed by atoms with Gasteiger partial charge in [0, 0.05) is 11.3 Å². The molecule has 0 aromatic heterocycles. The summed E-state index contributed by atoms with van der Waals surface area (Å²) in [6.45, 7) is 2.18. The summed E-state index contributed by atoms with van der Waals surface area (Å²) >= 11 is 0. The van der Waals surface area contributed by atoms with Gasteiger partial charge in [0.2, 0.25) is 0 Å². The third kappa shape index (κ3) is 1.67. The number of nitrogens with one attached hydrogen (secondary N) is 1. The molecule has 3 heteroatoms. The summed E-state index contributed by atoms with van der Waals surface area (Å²) in [4.78, 5) is 15.1. The Morgan fingerprint density at radius 3 is 2.88 bits per heavy atom. The molecule has 0 atom stereocenters. The summed E-state index contributed by atoms with van der Waals surface area (Å²) in [6, 6.07) is 6.21. The molecule has 3 nitrogen and oxygen atoms in total. The molecule has 0 bridgehead atoms. The van der Waals surface area contributed by atoms with Crippen LogP contribution in [0.5, 0.6) is 0 Å². The van der Waals surface area contributed by atoms with Crippen LogP contribution in [0.2, 0.25) is 0 Å². The molecule has 1 saturated heterocycles. The van der Waals surface area contributed by atoms with Crippen LogP contribution in [0, 0.1) is 0 Å². The van der Waals surface area contributed by atoms with Crippen LogP contribution in [-0.2, 0) is 4.79 Å². The molecular formula is C13H14N2O. The molecular weight excluding hydrogens is 200 g/mol. The Kier molecular flexibility index (Phi) is 2.33. The first-order valence-corrected chi connectivity index (χ1v) is 5.78. The molecule has 16 heavy (non-hydrogen) atoms. The molecule has 0 saturated carbocycles. The molecule has 1 amide bonds. The first kappa shape index (κ1) is 9.73. The zero-order valence-corrected chi connectivity index (χ0v) is 9.07. The van der Waals surface area contributed by atoms with E-state index >= 15 is 0 Å². The van der Waals surface area contributed by atoms with Gasteiger partial charge >= 0.3 is 0 Å². The van der Waals surface area contributed by atoms with Gasteiger partial charge in [-0.2, -0.15) is 0 Å². The lowest BCUT2D eigenvalue weighted by molar-refractivity contribution is -0.112. The quantitative estimate of drug-likeness (QED) is 0.720. The van der Waals surface area contributed by atoms with E-state index in [0.29, 0.717) is 5.92 Å². The van der Waals surface area contributed by atoms with E-state index in [1.807, 2.05) is 6.07 Å². The highest BCUT2D eigenvalue weighted by Gasteiger charge is 2.15. The van der Waals surface area contributed by atoms with Gasteiger partial charge in [0.25, 0.3) is 5.91 Å². The van der Waals surface area contributed by atoms with Crippen molar-refractivity contribution < 1.29 is 4.79 Å². The molecule has 2 aliphatic heterocycles. The van der Waals surface area contributed by atoms with Gasteiger partial charge in [-0.3, -0.25) is 4.79 Å². The number of amides is 1. The van der Waals surface area contributed by atoms with Crippen LogP contribution in [0.25, 0.3) is 6.08 Å². The van der Waals surface area contributed by atoms with Crippen LogP contribution in [-0.4, -0.2) is 19.0 Å². The SMILES string of the molecule is O=C1C=c2cc(C3CCNCC3)ccc2=N1. The minimum atomic E-state index is -0.127. The van der Waals surface area contributed by atoms with Crippen molar-refractivity contribution in [1.82, 2.24) is 5.32 Å².